The number of halogens is 1. The van der Waals surface area contributed by atoms with Crippen LogP contribution >= 0.6 is 0 Å². The Bertz CT molecular complexity index is 716. The number of hydrogen-bond acceptors (Lipinski definition) is 2. The van der Waals surface area contributed by atoms with Crippen LogP contribution in [-0.2, 0) is 10.3 Å². The Kier molecular flexibility index (Phi) is 5.39. The van der Waals surface area contributed by atoms with Crippen LogP contribution in [0.2, 0.25) is 0 Å². The maximum Gasteiger partial charge on any atom is 0.244 e. The molecule has 0 saturated heterocycles. The predicted octanol–water partition coefficient (Wildman–Crippen LogP) is 3.96. The molecule has 0 heterocycles. The molecular weight excluding hydrogens is 303 g/mol. The summed E-state index contributed by atoms with van der Waals surface area (Å²) < 4.78 is 13.0. The van der Waals surface area contributed by atoms with Gasteiger partial charge in [-0.2, -0.15) is 0 Å². The first-order valence-electron chi connectivity index (χ1n) is 7.81. The second-order valence-corrected chi connectivity index (χ2v) is 6.44. The van der Waals surface area contributed by atoms with E-state index in [1.807, 2.05) is 57.1 Å². The lowest BCUT2D eigenvalue weighted by molar-refractivity contribution is -0.118. The maximum absolute atomic E-state index is 13.0. The van der Waals surface area contributed by atoms with Crippen LogP contribution in [0, 0.1) is 5.82 Å². The maximum atomic E-state index is 13.0. The lowest BCUT2D eigenvalue weighted by Gasteiger charge is -2.26. The van der Waals surface area contributed by atoms with E-state index in [1.165, 1.54) is 18.2 Å². The number of anilines is 1. The van der Waals surface area contributed by atoms with E-state index in [2.05, 4.69) is 5.32 Å². The van der Waals surface area contributed by atoms with Gasteiger partial charge in [0.05, 0.1) is 5.54 Å². The van der Waals surface area contributed by atoms with Crippen LogP contribution in [0.15, 0.2) is 54.6 Å². The van der Waals surface area contributed by atoms with E-state index in [9.17, 15) is 9.18 Å². The molecule has 0 aliphatic rings. The Morgan fingerprint density at radius 2 is 1.62 bits per heavy atom. The first-order valence-corrected chi connectivity index (χ1v) is 7.81. The largest absolute Gasteiger partial charge is 0.378 e. The van der Waals surface area contributed by atoms with Crippen molar-refractivity contribution in [2.24, 2.45) is 0 Å². The molecule has 24 heavy (non-hydrogen) atoms. The van der Waals surface area contributed by atoms with Gasteiger partial charge >= 0.3 is 0 Å². The molecule has 4 heteroatoms. The van der Waals surface area contributed by atoms with Crippen molar-refractivity contribution in [3.63, 3.8) is 0 Å². The van der Waals surface area contributed by atoms with Crippen molar-refractivity contribution < 1.29 is 9.18 Å². The molecule has 0 aliphatic carbocycles. The molecule has 0 saturated carbocycles. The van der Waals surface area contributed by atoms with E-state index < -0.39 is 5.54 Å². The van der Waals surface area contributed by atoms with E-state index in [0.29, 0.717) is 0 Å². The zero-order valence-corrected chi connectivity index (χ0v) is 14.5. The van der Waals surface area contributed by atoms with Gasteiger partial charge in [-0.15, -0.1) is 0 Å². The van der Waals surface area contributed by atoms with E-state index in [4.69, 9.17) is 0 Å². The molecule has 0 aromatic heterocycles. The molecule has 0 spiro atoms. The van der Waals surface area contributed by atoms with E-state index in [0.717, 1.165) is 16.8 Å². The van der Waals surface area contributed by atoms with Crippen molar-refractivity contribution >= 4 is 17.7 Å². The standard InChI is InChI=1S/C20H23FN2O/c1-20(2,16-8-10-17(21)11-9-16)22-19(24)14-7-15-5-12-18(13-6-15)23(3)4/h5-14H,1-4H3,(H,22,24)/b14-7+. The summed E-state index contributed by atoms with van der Waals surface area (Å²) in [5.41, 5.74) is 2.33. The Morgan fingerprint density at radius 3 is 2.17 bits per heavy atom. The molecule has 2 rings (SSSR count). The average molecular weight is 326 g/mol. The molecule has 0 fully saturated rings. The van der Waals surface area contributed by atoms with Crippen molar-refractivity contribution in [3.8, 4) is 0 Å². The Morgan fingerprint density at radius 1 is 1.04 bits per heavy atom. The highest BCUT2D eigenvalue weighted by molar-refractivity contribution is 5.92. The van der Waals surface area contributed by atoms with Crippen LogP contribution < -0.4 is 10.2 Å². The summed E-state index contributed by atoms with van der Waals surface area (Å²) in [6, 6.07) is 14.1. The molecule has 0 atom stereocenters. The van der Waals surface area contributed by atoms with Crippen LogP contribution in [0.1, 0.15) is 25.0 Å². The molecule has 3 nitrogen and oxygen atoms in total. The summed E-state index contributed by atoms with van der Waals surface area (Å²) in [4.78, 5) is 14.2. The van der Waals surface area contributed by atoms with Crippen molar-refractivity contribution in [1.82, 2.24) is 5.32 Å². The van der Waals surface area contributed by atoms with Crippen LogP contribution in [0.3, 0.4) is 0 Å². The van der Waals surface area contributed by atoms with Crippen LogP contribution in [0.5, 0.6) is 0 Å². The fourth-order valence-electron chi connectivity index (χ4n) is 2.34. The number of hydrogen-bond donors (Lipinski definition) is 1. The van der Waals surface area contributed by atoms with Gasteiger partial charge in [-0.1, -0.05) is 24.3 Å². The van der Waals surface area contributed by atoms with Crippen molar-refractivity contribution in [3.05, 3.63) is 71.6 Å². The minimum Gasteiger partial charge on any atom is -0.378 e. The lowest BCUT2D eigenvalue weighted by atomic mass is 9.94. The number of rotatable bonds is 5. The second-order valence-electron chi connectivity index (χ2n) is 6.44. The summed E-state index contributed by atoms with van der Waals surface area (Å²) >= 11 is 0. The van der Waals surface area contributed by atoms with Gasteiger partial charge in [0.15, 0.2) is 0 Å². The fraction of sp³-hybridized carbons (Fsp3) is 0.250. The van der Waals surface area contributed by atoms with Crippen molar-refractivity contribution in [2.75, 3.05) is 19.0 Å². The smallest absolute Gasteiger partial charge is 0.244 e. The molecule has 1 amide bonds. The fourth-order valence-corrected chi connectivity index (χ4v) is 2.34. The highest BCUT2D eigenvalue weighted by Gasteiger charge is 2.21. The minimum absolute atomic E-state index is 0.194. The van der Waals surface area contributed by atoms with Gasteiger partial charge in [-0.05, 0) is 55.3 Å². The number of amides is 1. The number of carbonyl (C=O) groups is 1. The third kappa shape index (κ3) is 4.69. The van der Waals surface area contributed by atoms with Gasteiger partial charge in [0, 0.05) is 25.9 Å². The normalized spacial score (nSPS) is 11.5. The van der Waals surface area contributed by atoms with Gasteiger partial charge in [0.1, 0.15) is 5.82 Å². The van der Waals surface area contributed by atoms with E-state index in [-0.39, 0.29) is 11.7 Å². The minimum atomic E-state index is -0.579. The predicted molar refractivity (Wildman–Crippen MR) is 97.4 cm³/mol. The number of benzene rings is 2. The van der Waals surface area contributed by atoms with Gasteiger partial charge in [-0.25, -0.2) is 4.39 Å². The highest BCUT2D eigenvalue weighted by Crippen LogP contribution is 2.20. The first-order chi connectivity index (χ1) is 11.3. The molecule has 0 radical (unpaired) electrons. The Hall–Kier alpha value is -2.62. The third-order valence-electron chi connectivity index (χ3n) is 3.84. The number of nitrogens with zero attached hydrogens (tertiary/aromatic N) is 1. The summed E-state index contributed by atoms with van der Waals surface area (Å²) in [6.07, 6.45) is 3.28. The zero-order chi connectivity index (χ0) is 17.7. The summed E-state index contributed by atoms with van der Waals surface area (Å²) in [5.74, 6) is -0.483. The number of nitrogens with one attached hydrogen (secondary N) is 1. The van der Waals surface area contributed by atoms with Crippen LogP contribution in [-0.4, -0.2) is 20.0 Å². The van der Waals surface area contributed by atoms with Gasteiger partial charge in [-0.3, -0.25) is 4.79 Å². The third-order valence-corrected chi connectivity index (χ3v) is 3.84. The second kappa shape index (κ2) is 7.30. The molecule has 0 bridgehead atoms. The molecule has 2 aromatic rings. The van der Waals surface area contributed by atoms with Gasteiger partial charge < -0.3 is 10.2 Å². The van der Waals surface area contributed by atoms with E-state index >= 15 is 0 Å². The number of carbonyl (C=O) groups excluding carboxylic acids is 1. The lowest BCUT2D eigenvalue weighted by Crippen LogP contribution is -2.40. The monoisotopic (exact) mass is 326 g/mol. The molecule has 0 aliphatic heterocycles. The Balaban J connectivity index is 2.02. The molecule has 0 unspecified atom stereocenters. The van der Waals surface area contributed by atoms with Gasteiger partial charge in [0.2, 0.25) is 5.91 Å². The molecular formula is C20H23FN2O. The highest BCUT2D eigenvalue weighted by atomic mass is 19.1. The van der Waals surface area contributed by atoms with Crippen molar-refractivity contribution in [1.29, 1.82) is 0 Å². The quantitative estimate of drug-likeness (QED) is 0.844. The average Bonchev–Trinajstić information content (AvgIpc) is 2.53. The molecule has 2 aromatic carbocycles. The van der Waals surface area contributed by atoms with E-state index in [1.54, 1.807) is 18.2 Å². The summed E-state index contributed by atoms with van der Waals surface area (Å²) in [5, 5.41) is 2.94. The van der Waals surface area contributed by atoms with Crippen LogP contribution in [0.25, 0.3) is 6.08 Å². The van der Waals surface area contributed by atoms with Crippen LogP contribution in [0.4, 0.5) is 10.1 Å². The first kappa shape index (κ1) is 17.7. The summed E-state index contributed by atoms with van der Waals surface area (Å²) in [7, 11) is 3.96. The molecule has 1 N–H and O–H groups in total. The van der Waals surface area contributed by atoms with Gasteiger partial charge in [0.25, 0.3) is 0 Å². The summed E-state index contributed by atoms with van der Waals surface area (Å²) in [6.45, 7) is 3.77. The Labute approximate surface area is 142 Å². The molecule has 126 valence electrons. The SMILES string of the molecule is CN(C)c1ccc(/C=C/C(=O)NC(C)(C)c2ccc(F)cc2)cc1. The topological polar surface area (TPSA) is 32.3 Å². The zero-order valence-electron chi connectivity index (χ0n) is 14.5. The van der Waals surface area contributed by atoms with Crippen molar-refractivity contribution in [2.45, 2.75) is 19.4 Å².